The van der Waals surface area contributed by atoms with Crippen LogP contribution in [0.1, 0.15) is 39.2 Å². The van der Waals surface area contributed by atoms with E-state index in [4.69, 9.17) is 0 Å². The summed E-state index contributed by atoms with van der Waals surface area (Å²) in [5, 5.41) is 5.69. The number of rotatable bonds is 6. The summed E-state index contributed by atoms with van der Waals surface area (Å²) in [5.74, 6) is -0.456. The van der Waals surface area contributed by atoms with Gasteiger partial charge in [0.15, 0.2) is 5.82 Å². The lowest BCUT2D eigenvalue weighted by Crippen LogP contribution is -2.27. The number of carbonyl (C=O) groups excluding carboxylic acids is 2. The summed E-state index contributed by atoms with van der Waals surface area (Å²) in [6.45, 7) is 1.86. The van der Waals surface area contributed by atoms with Crippen LogP contribution in [0.4, 0.5) is 10.1 Å². The summed E-state index contributed by atoms with van der Waals surface area (Å²) in [5.41, 5.74) is 3.07. The quantitative estimate of drug-likeness (QED) is 0.441. The van der Waals surface area contributed by atoms with Crippen molar-refractivity contribution in [3.05, 3.63) is 114 Å². The minimum Gasteiger partial charge on any atom is -0.345 e. The molecule has 164 valence electrons. The van der Waals surface area contributed by atoms with Gasteiger partial charge in [0, 0.05) is 29.2 Å². The van der Waals surface area contributed by atoms with Crippen LogP contribution in [0.5, 0.6) is 0 Å². The third-order valence-corrected chi connectivity index (χ3v) is 5.07. The van der Waals surface area contributed by atoms with Gasteiger partial charge < -0.3 is 10.6 Å². The van der Waals surface area contributed by atoms with Crippen LogP contribution in [0.3, 0.4) is 0 Å². The molecule has 0 bridgehead atoms. The molecule has 1 aromatic heterocycles. The van der Waals surface area contributed by atoms with Crippen molar-refractivity contribution in [2.24, 2.45) is 0 Å². The van der Waals surface area contributed by atoms with E-state index in [1.54, 1.807) is 12.1 Å². The van der Waals surface area contributed by atoms with E-state index in [2.05, 4.69) is 20.6 Å². The summed E-state index contributed by atoms with van der Waals surface area (Å²) in [7, 11) is 0. The zero-order valence-corrected chi connectivity index (χ0v) is 17.8. The monoisotopic (exact) mass is 440 g/mol. The molecule has 1 heterocycles. The number of amides is 2. The van der Waals surface area contributed by atoms with Crippen molar-refractivity contribution < 1.29 is 14.0 Å². The molecule has 6 nitrogen and oxygen atoms in total. The van der Waals surface area contributed by atoms with Crippen LogP contribution in [0, 0.1) is 5.82 Å². The number of hydrogen-bond donors (Lipinski definition) is 2. The maximum Gasteiger partial charge on any atom is 0.255 e. The van der Waals surface area contributed by atoms with E-state index in [0.717, 1.165) is 11.1 Å². The van der Waals surface area contributed by atoms with Crippen LogP contribution in [-0.2, 0) is 0 Å². The molecule has 2 N–H and O–H groups in total. The number of halogens is 1. The minimum atomic E-state index is -0.398. The van der Waals surface area contributed by atoms with Crippen molar-refractivity contribution in [1.82, 2.24) is 15.3 Å². The summed E-state index contributed by atoms with van der Waals surface area (Å²) < 4.78 is 13.0. The highest BCUT2D eigenvalue weighted by Gasteiger charge is 2.13. The van der Waals surface area contributed by atoms with Gasteiger partial charge in [0.2, 0.25) is 0 Å². The lowest BCUT2D eigenvalue weighted by Gasteiger charge is -2.15. The number of nitrogens with one attached hydrogen (secondary N) is 2. The number of benzene rings is 3. The third kappa shape index (κ3) is 5.46. The number of aromatic nitrogens is 2. The topological polar surface area (TPSA) is 84.0 Å². The van der Waals surface area contributed by atoms with Gasteiger partial charge in [-0.15, -0.1) is 0 Å². The smallest absolute Gasteiger partial charge is 0.255 e. The average molecular weight is 440 g/mol. The Morgan fingerprint density at radius 2 is 1.42 bits per heavy atom. The van der Waals surface area contributed by atoms with E-state index in [0.29, 0.717) is 22.6 Å². The highest BCUT2D eigenvalue weighted by atomic mass is 19.1. The first-order chi connectivity index (χ1) is 16.0. The van der Waals surface area contributed by atoms with Crippen molar-refractivity contribution in [3.8, 4) is 11.4 Å². The molecule has 0 spiro atoms. The molecule has 0 saturated heterocycles. The van der Waals surface area contributed by atoms with Gasteiger partial charge in [-0.1, -0.05) is 42.5 Å². The fourth-order valence-corrected chi connectivity index (χ4v) is 3.20. The second kappa shape index (κ2) is 9.82. The molecular formula is C26H21FN4O2. The molecule has 7 heteroatoms. The van der Waals surface area contributed by atoms with Crippen molar-refractivity contribution in [3.63, 3.8) is 0 Å². The van der Waals surface area contributed by atoms with Crippen LogP contribution in [0.25, 0.3) is 11.4 Å². The Morgan fingerprint density at radius 3 is 2.06 bits per heavy atom. The van der Waals surface area contributed by atoms with Crippen LogP contribution < -0.4 is 10.6 Å². The molecule has 0 aliphatic heterocycles. The molecule has 0 saturated carbocycles. The van der Waals surface area contributed by atoms with Crippen LogP contribution in [0.2, 0.25) is 0 Å². The zero-order valence-electron chi connectivity index (χ0n) is 17.8. The minimum absolute atomic E-state index is 0.270. The summed E-state index contributed by atoms with van der Waals surface area (Å²) in [4.78, 5) is 33.4. The van der Waals surface area contributed by atoms with Gasteiger partial charge in [-0.25, -0.2) is 14.4 Å². The maximum absolute atomic E-state index is 13.0. The highest BCUT2D eigenvalue weighted by molar-refractivity contribution is 6.04. The van der Waals surface area contributed by atoms with Gasteiger partial charge in [0.1, 0.15) is 5.82 Å². The first kappa shape index (κ1) is 21.8. The van der Waals surface area contributed by atoms with E-state index >= 15 is 0 Å². The highest BCUT2D eigenvalue weighted by Crippen LogP contribution is 2.18. The second-order valence-corrected chi connectivity index (χ2v) is 7.44. The van der Waals surface area contributed by atoms with Crippen LogP contribution >= 0.6 is 0 Å². The van der Waals surface area contributed by atoms with E-state index in [1.807, 2.05) is 49.4 Å². The largest absolute Gasteiger partial charge is 0.345 e. The first-order valence-electron chi connectivity index (χ1n) is 10.3. The number of anilines is 1. The summed E-state index contributed by atoms with van der Waals surface area (Å²) in [6, 6.07) is 21.7. The second-order valence-electron chi connectivity index (χ2n) is 7.44. The molecule has 0 radical (unpaired) electrons. The van der Waals surface area contributed by atoms with Gasteiger partial charge in [-0.3, -0.25) is 9.59 Å². The Hall–Kier alpha value is -4.39. The summed E-state index contributed by atoms with van der Waals surface area (Å²) in [6.07, 6.45) is 3.01. The van der Waals surface area contributed by atoms with Gasteiger partial charge >= 0.3 is 0 Å². The normalized spacial score (nSPS) is 11.5. The molecule has 1 atom stereocenters. The Labute approximate surface area is 190 Å². The standard InChI is InChI=1S/C26H21FN4O2/c1-17(30-26(33)21-15-28-24(29-16-21)19-5-3-2-4-6-19)18-9-13-23(14-10-18)31-25(32)20-7-11-22(27)12-8-20/h2-17H,1H3,(H,30,33)(H,31,32). The molecule has 4 aromatic rings. The molecule has 33 heavy (non-hydrogen) atoms. The van der Waals surface area contributed by atoms with Crippen molar-refractivity contribution in [1.29, 1.82) is 0 Å². The zero-order chi connectivity index (χ0) is 23.2. The Morgan fingerprint density at radius 1 is 0.788 bits per heavy atom. The number of carbonyl (C=O) groups is 2. The fourth-order valence-electron chi connectivity index (χ4n) is 3.20. The fraction of sp³-hybridized carbons (Fsp3) is 0.0769. The van der Waals surface area contributed by atoms with E-state index in [-0.39, 0.29) is 17.9 Å². The molecule has 3 aromatic carbocycles. The Bertz CT molecular complexity index is 1240. The third-order valence-electron chi connectivity index (χ3n) is 5.07. The molecule has 4 rings (SSSR count). The average Bonchev–Trinajstić information content (AvgIpc) is 2.85. The summed E-state index contributed by atoms with van der Waals surface area (Å²) >= 11 is 0. The molecular weight excluding hydrogens is 419 g/mol. The first-order valence-corrected chi connectivity index (χ1v) is 10.3. The molecule has 2 amide bonds. The van der Waals surface area contributed by atoms with Crippen LogP contribution in [0.15, 0.2) is 91.3 Å². The van der Waals surface area contributed by atoms with Gasteiger partial charge in [-0.2, -0.15) is 0 Å². The predicted molar refractivity (Wildman–Crippen MR) is 124 cm³/mol. The van der Waals surface area contributed by atoms with Gasteiger partial charge in [-0.05, 0) is 48.9 Å². The number of nitrogens with zero attached hydrogens (tertiary/aromatic N) is 2. The molecule has 0 fully saturated rings. The Balaban J connectivity index is 1.36. The molecule has 0 aliphatic rings. The molecule has 1 unspecified atom stereocenters. The van der Waals surface area contributed by atoms with E-state index < -0.39 is 5.82 Å². The lowest BCUT2D eigenvalue weighted by molar-refractivity contribution is 0.0938. The van der Waals surface area contributed by atoms with Gasteiger partial charge in [0.25, 0.3) is 11.8 Å². The van der Waals surface area contributed by atoms with Crippen molar-refractivity contribution in [2.45, 2.75) is 13.0 Å². The van der Waals surface area contributed by atoms with E-state index in [1.165, 1.54) is 36.7 Å². The lowest BCUT2D eigenvalue weighted by atomic mass is 10.1. The van der Waals surface area contributed by atoms with Crippen molar-refractivity contribution in [2.75, 3.05) is 5.32 Å². The van der Waals surface area contributed by atoms with E-state index in [9.17, 15) is 14.0 Å². The van der Waals surface area contributed by atoms with Crippen molar-refractivity contribution >= 4 is 17.5 Å². The Kier molecular flexibility index (Phi) is 6.50. The van der Waals surface area contributed by atoms with Crippen LogP contribution in [-0.4, -0.2) is 21.8 Å². The predicted octanol–water partition coefficient (Wildman–Crippen LogP) is 5.03. The number of hydrogen-bond acceptors (Lipinski definition) is 4. The molecule has 0 aliphatic carbocycles. The van der Waals surface area contributed by atoms with Gasteiger partial charge in [0.05, 0.1) is 11.6 Å². The SMILES string of the molecule is CC(NC(=O)c1cnc(-c2ccccc2)nc1)c1ccc(NC(=O)c2ccc(F)cc2)cc1. The maximum atomic E-state index is 13.0.